The lowest BCUT2D eigenvalue weighted by Gasteiger charge is -2.20. The van der Waals surface area contributed by atoms with Crippen molar-refractivity contribution in [3.05, 3.63) is 54.0 Å². The van der Waals surface area contributed by atoms with Gasteiger partial charge in [0, 0.05) is 49.9 Å². The number of hydrogen-bond acceptors (Lipinski definition) is 5. The van der Waals surface area contributed by atoms with Gasteiger partial charge in [0.25, 0.3) is 0 Å². The van der Waals surface area contributed by atoms with Gasteiger partial charge in [-0.1, -0.05) is 12.1 Å². The van der Waals surface area contributed by atoms with Crippen LogP contribution in [-0.4, -0.2) is 47.2 Å². The lowest BCUT2D eigenvalue weighted by atomic mass is 9.93. The molecule has 4 rings (SSSR count). The highest BCUT2D eigenvalue weighted by Gasteiger charge is 2.43. The van der Waals surface area contributed by atoms with Gasteiger partial charge in [-0.25, -0.2) is 4.98 Å². The molecule has 1 N–H and O–H groups in total. The molecular formula is C19H24N4O. The lowest BCUT2D eigenvalue weighted by molar-refractivity contribution is 0.0944. The van der Waals surface area contributed by atoms with E-state index < -0.39 is 0 Å². The van der Waals surface area contributed by atoms with Crippen LogP contribution in [0.3, 0.4) is 0 Å². The summed E-state index contributed by atoms with van der Waals surface area (Å²) in [7, 11) is 0. The van der Waals surface area contributed by atoms with Crippen LogP contribution in [0.4, 0.5) is 5.82 Å². The van der Waals surface area contributed by atoms with Crippen LogP contribution in [-0.2, 0) is 11.3 Å². The van der Waals surface area contributed by atoms with Crippen LogP contribution in [0.25, 0.3) is 0 Å². The van der Waals surface area contributed by atoms with Gasteiger partial charge < -0.3 is 10.1 Å². The molecule has 126 valence electrons. The van der Waals surface area contributed by atoms with E-state index in [1.54, 1.807) is 0 Å². The minimum Gasteiger partial charge on any atom is -0.376 e. The number of rotatable bonds is 5. The summed E-state index contributed by atoms with van der Waals surface area (Å²) in [6, 6.07) is 12.2. The van der Waals surface area contributed by atoms with Crippen LogP contribution in [0.5, 0.6) is 0 Å². The van der Waals surface area contributed by atoms with Crippen molar-refractivity contribution in [2.75, 3.05) is 31.6 Å². The van der Waals surface area contributed by atoms with Crippen LogP contribution < -0.4 is 5.32 Å². The summed E-state index contributed by atoms with van der Waals surface area (Å²) < 4.78 is 6.05. The second-order valence-corrected chi connectivity index (χ2v) is 6.86. The Kier molecular flexibility index (Phi) is 4.45. The molecule has 0 aliphatic carbocycles. The van der Waals surface area contributed by atoms with Crippen molar-refractivity contribution in [3.8, 4) is 0 Å². The smallest absolute Gasteiger partial charge is 0.125 e. The van der Waals surface area contributed by atoms with Crippen molar-refractivity contribution in [3.63, 3.8) is 0 Å². The fourth-order valence-electron chi connectivity index (χ4n) is 3.84. The maximum absolute atomic E-state index is 6.05. The van der Waals surface area contributed by atoms with Crippen LogP contribution in [0.2, 0.25) is 0 Å². The van der Waals surface area contributed by atoms with Crippen LogP contribution >= 0.6 is 0 Å². The van der Waals surface area contributed by atoms with Crippen LogP contribution in [0.15, 0.2) is 42.6 Å². The molecule has 0 spiro atoms. The molecule has 2 saturated heterocycles. The number of pyridine rings is 2. The van der Waals surface area contributed by atoms with Crippen molar-refractivity contribution < 1.29 is 4.74 Å². The number of likely N-dealkylation sites (tertiary alicyclic amines) is 1. The van der Waals surface area contributed by atoms with E-state index in [1.165, 1.54) is 0 Å². The van der Waals surface area contributed by atoms with E-state index in [2.05, 4.69) is 32.3 Å². The molecule has 5 nitrogen and oxygen atoms in total. The van der Waals surface area contributed by atoms with Crippen LogP contribution in [0.1, 0.15) is 11.4 Å². The fourth-order valence-corrected chi connectivity index (χ4v) is 3.84. The van der Waals surface area contributed by atoms with E-state index in [-0.39, 0.29) is 0 Å². The molecule has 0 radical (unpaired) electrons. The van der Waals surface area contributed by atoms with Gasteiger partial charge in [0.2, 0.25) is 0 Å². The topological polar surface area (TPSA) is 50.3 Å². The molecule has 0 bridgehead atoms. The lowest BCUT2D eigenvalue weighted by Crippen LogP contribution is -2.27. The third-order valence-electron chi connectivity index (χ3n) is 5.06. The van der Waals surface area contributed by atoms with Gasteiger partial charge in [-0.15, -0.1) is 0 Å². The number of aryl methyl sites for hydroxylation is 1. The predicted molar refractivity (Wildman–Crippen MR) is 93.7 cm³/mol. The first-order valence-corrected chi connectivity index (χ1v) is 8.69. The van der Waals surface area contributed by atoms with Gasteiger partial charge in [0.15, 0.2) is 0 Å². The monoisotopic (exact) mass is 324 g/mol. The minimum absolute atomic E-state index is 0.366. The maximum atomic E-state index is 6.05. The van der Waals surface area contributed by atoms with Crippen molar-refractivity contribution in [2.24, 2.45) is 11.8 Å². The summed E-state index contributed by atoms with van der Waals surface area (Å²) in [5, 5.41) is 3.45. The van der Waals surface area contributed by atoms with Gasteiger partial charge >= 0.3 is 0 Å². The first kappa shape index (κ1) is 15.5. The summed E-state index contributed by atoms with van der Waals surface area (Å²) in [5.41, 5.74) is 2.23. The van der Waals surface area contributed by atoms with Gasteiger partial charge in [0.1, 0.15) is 5.82 Å². The summed E-state index contributed by atoms with van der Waals surface area (Å²) in [6.45, 7) is 6.85. The van der Waals surface area contributed by atoms with Gasteiger partial charge in [-0.05, 0) is 31.2 Å². The van der Waals surface area contributed by atoms with E-state index in [4.69, 9.17) is 4.74 Å². The molecule has 2 fully saturated rings. The molecule has 2 aliphatic heterocycles. The predicted octanol–water partition coefficient (Wildman–Crippen LogP) is 2.34. The Balaban J connectivity index is 1.33. The zero-order chi connectivity index (χ0) is 16.4. The molecule has 3 atom stereocenters. The summed E-state index contributed by atoms with van der Waals surface area (Å²) >= 11 is 0. The first-order chi connectivity index (χ1) is 11.8. The number of nitrogens with one attached hydrogen (secondary N) is 1. The van der Waals surface area contributed by atoms with Crippen molar-refractivity contribution in [2.45, 2.75) is 19.6 Å². The molecule has 4 heterocycles. The zero-order valence-electron chi connectivity index (χ0n) is 14.1. The third-order valence-corrected chi connectivity index (χ3v) is 5.06. The Morgan fingerprint density at radius 2 is 2.17 bits per heavy atom. The first-order valence-electron chi connectivity index (χ1n) is 8.69. The Bertz CT molecular complexity index is 678. The third kappa shape index (κ3) is 3.42. The highest BCUT2D eigenvalue weighted by molar-refractivity contribution is 5.33. The Hall–Kier alpha value is -1.98. The molecule has 2 aromatic heterocycles. The number of fused-ring (bicyclic) bond motifs is 1. The average Bonchev–Trinajstić information content (AvgIpc) is 3.14. The van der Waals surface area contributed by atoms with Crippen molar-refractivity contribution >= 4 is 5.82 Å². The van der Waals surface area contributed by atoms with Crippen molar-refractivity contribution in [1.82, 2.24) is 14.9 Å². The molecule has 5 heteroatoms. The van der Waals surface area contributed by atoms with Crippen molar-refractivity contribution in [1.29, 1.82) is 0 Å². The second-order valence-electron chi connectivity index (χ2n) is 6.86. The Labute approximate surface area is 143 Å². The van der Waals surface area contributed by atoms with E-state index in [0.717, 1.165) is 50.0 Å². The van der Waals surface area contributed by atoms with Gasteiger partial charge in [-0.3, -0.25) is 9.88 Å². The largest absolute Gasteiger partial charge is 0.376 e. The number of ether oxygens (including phenoxy) is 1. The molecule has 0 unspecified atom stereocenters. The fraction of sp³-hybridized carbons (Fsp3) is 0.474. The van der Waals surface area contributed by atoms with Gasteiger partial charge in [-0.2, -0.15) is 0 Å². The minimum atomic E-state index is 0.366. The van der Waals surface area contributed by atoms with E-state index in [0.29, 0.717) is 17.9 Å². The maximum Gasteiger partial charge on any atom is 0.125 e. The van der Waals surface area contributed by atoms with E-state index in [1.807, 2.05) is 37.4 Å². The average molecular weight is 324 g/mol. The quantitative estimate of drug-likeness (QED) is 0.915. The number of nitrogens with zero attached hydrogens (tertiary/aromatic N) is 3. The Morgan fingerprint density at radius 3 is 3.00 bits per heavy atom. The molecule has 0 amide bonds. The number of aromatic nitrogens is 2. The molecular weight excluding hydrogens is 300 g/mol. The second kappa shape index (κ2) is 6.87. The summed E-state index contributed by atoms with van der Waals surface area (Å²) in [4.78, 5) is 11.4. The highest BCUT2D eigenvalue weighted by atomic mass is 16.5. The summed E-state index contributed by atoms with van der Waals surface area (Å²) in [5.74, 6) is 2.10. The van der Waals surface area contributed by atoms with Crippen LogP contribution in [0, 0.1) is 18.8 Å². The highest BCUT2D eigenvalue weighted by Crippen LogP contribution is 2.34. The molecule has 2 aliphatic rings. The molecule has 0 aromatic carbocycles. The molecule has 2 aromatic rings. The number of anilines is 1. The number of hydrogen-bond donors (Lipinski definition) is 1. The molecule has 0 saturated carbocycles. The van der Waals surface area contributed by atoms with E-state index in [9.17, 15) is 0 Å². The van der Waals surface area contributed by atoms with Gasteiger partial charge in [0.05, 0.1) is 18.4 Å². The normalized spacial score (nSPS) is 26.5. The standard InChI is InChI=1S/C19H24N4O/c1-14-5-4-6-16(22-14)10-23-11-17-15(13-24-18(17)12-23)9-21-19-7-2-3-8-20-19/h2-8,15,17-18H,9-13H2,1H3,(H,20,21)/t15-,17+,18+/m0/s1. The summed E-state index contributed by atoms with van der Waals surface area (Å²) in [6.07, 6.45) is 2.19. The SMILES string of the molecule is Cc1cccc(CN2C[C@@H]3[C@@H](CNc4ccccn4)CO[C@@H]3C2)n1. The van der Waals surface area contributed by atoms with E-state index >= 15 is 0 Å². The molecule has 24 heavy (non-hydrogen) atoms. The Morgan fingerprint density at radius 1 is 1.21 bits per heavy atom. The zero-order valence-corrected chi connectivity index (χ0v) is 14.1.